The molecule has 0 saturated carbocycles. The molecule has 7 heteroatoms. The predicted molar refractivity (Wildman–Crippen MR) is 103 cm³/mol. The molecule has 1 amide bonds. The molecule has 0 aliphatic rings. The van der Waals surface area contributed by atoms with Crippen LogP contribution >= 0.6 is 0 Å². The fourth-order valence-corrected chi connectivity index (χ4v) is 2.45. The van der Waals surface area contributed by atoms with Crippen LogP contribution in [0.15, 0.2) is 48.7 Å². The molecule has 1 aromatic heterocycles. The second-order valence-corrected chi connectivity index (χ2v) is 5.92. The van der Waals surface area contributed by atoms with Crippen molar-refractivity contribution in [3.8, 4) is 0 Å². The van der Waals surface area contributed by atoms with Gasteiger partial charge >= 0.3 is 0 Å². The van der Waals surface area contributed by atoms with Crippen LogP contribution in [0.2, 0.25) is 0 Å². The second kappa shape index (κ2) is 7.60. The normalized spacial score (nSPS) is 10.3. The van der Waals surface area contributed by atoms with E-state index in [2.05, 4.69) is 44.1 Å². The van der Waals surface area contributed by atoms with Crippen LogP contribution < -0.4 is 16.0 Å². The van der Waals surface area contributed by atoms with E-state index in [9.17, 15) is 4.79 Å². The number of nitrogens with one attached hydrogen (secondary N) is 3. The van der Waals surface area contributed by atoms with Crippen molar-refractivity contribution >= 4 is 34.7 Å². The van der Waals surface area contributed by atoms with Gasteiger partial charge in [-0.05, 0) is 49.2 Å². The summed E-state index contributed by atoms with van der Waals surface area (Å²) in [4.78, 5) is 15.6. The van der Waals surface area contributed by atoms with Crippen LogP contribution in [-0.2, 0) is 4.79 Å². The fraction of sp³-hybridized carbons (Fsp3) is 0.158. The van der Waals surface area contributed by atoms with Crippen molar-refractivity contribution in [3.63, 3.8) is 0 Å². The maximum atomic E-state index is 11.2. The number of hydrogen-bond donors (Lipinski definition) is 3. The van der Waals surface area contributed by atoms with Gasteiger partial charge < -0.3 is 16.0 Å². The van der Waals surface area contributed by atoms with Gasteiger partial charge in [-0.2, -0.15) is 10.1 Å². The number of anilines is 5. The molecule has 3 rings (SSSR count). The molecule has 1 heterocycles. The molecule has 0 fully saturated rings. The summed E-state index contributed by atoms with van der Waals surface area (Å²) in [5.74, 6) is 0.834. The Balaban J connectivity index is 1.77. The molecule has 0 aliphatic heterocycles. The Kier molecular flexibility index (Phi) is 5.07. The third-order valence-corrected chi connectivity index (χ3v) is 3.87. The summed E-state index contributed by atoms with van der Waals surface area (Å²) in [6, 6.07) is 13.4. The van der Waals surface area contributed by atoms with E-state index in [-0.39, 0.29) is 5.91 Å². The van der Waals surface area contributed by atoms with Crippen LogP contribution in [0, 0.1) is 13.8 Å². The summed E-state index contributed by atoms with van der Waals surface area (Å²) >= 11 is 0. The highest BCUT2D eigenvalue weighted by molar-refractivity contribution is 5.89. The fourth-order valence-electron chi connectivity index (χ4n) is 2.45. The van der Waals surface area contributed by atoms with Gasteiger partial charge in [0.15, 0.2) is 5.82 Å². The number of amides is 1. The van der Waals surface area contributed by atoms with Crippen LogP contribution in [0.4, 0.5) is 28.8 Å². The van der Waals surface area contributed by atoms with Crippen molar-refractivity contribution in [2.24, 2.45) is 0 Å². The summed E-state index contributed by atoms with van der Waals surface area (Å²) in [5, 5.41) is 17.1. The topological polar surface area (TPSA) is 91.8 Å². The van der Waals surface area contributed by atoms with Crippen molar-refractivity contribution in [1.82, 2.24) is 15.2 Å². The van der Waals surface area contributed by atoms with E-state index in [1.807, 2.05) is 43.3 Å². The van der Waals surface area contributed by atoms with Gasteiger partial charge in [0.25, 0.3) is 0 Å². The Bertz CT molecular complexity index is 941. The summed E-state index contributed by atoms with van der Waals surface area (Å²) in [6.07, 6.45) is 1.54. The molecule has 0 saturated heterocycles. The lowest BCUT2D eigenvalue weighted by Gasteiger charge is -2.11. The zero-order valence-corrected chi connectivity index (χ0v) is 14.9. The van der Waals surface area contributed by atoms with Gasteiger partial charge in [0, 0.05) is 24.0 Å². The second-order valence-electron chi connectivity index (χ2n) is 5.92. The summed E-state index contributed by atoms with van der Waals surface area (Å²) in [7, 11) is 0. The maximum Gasteiger partial charge on any atom is 0.249 e. The SMILES string of the molecule is CC(=O)Nc1cccc(Nc2cnnc(Nc3cccc(C)c3C)n2)c1. The van der Waals surface area contributed by atoms with E-state index >= 15 is 0 Å². The Morgan fingerprint density at radius 3 is 2.58 bits per heavy atom. The summed E-state index contributed by atoms with van der Waals surface area (Å²) < 4.78 is 0. The zero-order valence-electron chi connectivity index (χ0n) is 14.9. The maximum absolute atomic E-state index is 11.2. The molecule has 0 radical (unpaired) electrons. The molecule has 0 atom stereocenters. The highest BCUT2D eigenvalue weighted by atomic mass is 16.1. The number of nitrogens with zero attached hydrogens (tertiary/aromatic N) is 3. The number of benzene rings is 2. The van der Waals surface area contributed by atoms with E-state index in [0.29, 0.717) is 17.5 Å². The van der Waals surface area contributed by atoms with Crippen molar-refractivity contribution < 1.29 is 4.79 Å². The first-order valence-corrected chi connectivity index (χ1v) is 8.19. The minimum absolute atomic E-state index is 0.120. The Morgan fingerprint density at radius 2 is 1.77 bits per heavy atom. The van der Waals surface area contributed by atoms with Gasteiger partial charge in [0.05, 0.1) is 6.20 Å². The minimum Gasteiger partial charge on any atom is -0.339 e. The lowest BCUT2D eigenvalue weighted by atomic mass is 10.1. The van der Waals surface area contributed by atoms with Crippen LogP contribution in [0.25, 0.3) is 0 Å². The quantitative estimate of drug-likeness (QED) is 0.647. The third kappa shape index (κ3) is 4.32. The highest BCUT2D eigenvalue weighted by Gasteiger charge is 2.06. The van der Waals surface area contributed by atoms with Gasteiger partial charge in [-0.25, -0.2) is 0 Å². The molecule has 0 unspecified atom stereocenters. The molecule has 2 aromatic carbocycles. The molecule has 0 bridgehead atoms. The van der Waals surface area contributed by atoms with Crippen LogP contribution in [0.3, 0.4) is 0 Å². The number of aromatic nitrogens is 3. The van der Waals surface area contributed by atoms with E-state index < -0.39 is 0 Å². The van der Waals surface area contributed by atoms with Crippen LogP contribution in [0.5, 0.6) is 0 Å². The Morgan fingerprint density at radius 1 is 1.00 bits per heavy atom. The van der Waals surface area contributed by atoms with Crippen molar-refractivity contribution in [3.05, 3.63) is 59.8 Å². The molecule has 0 aliphatic carbocycles. The molecular weight excluding hydrogens is 328 g/mol. The average Bonchev–Trinajstić information content (AvgIpc) is 2.59. The number of rotatable bonds is 5. The van der Waals surface area contributed by atoms with Crippen molar-refractivity contribution in [2.75, 3.05) is 16.0 Å². The van der Waals surface area contributed by atoms with Crippen molar-refractivity contribution in [2.45, 2.75) is 20.8 Å². The van der Waals surface area contributed by atoms with Crippen LogP contribution in [-0.4, -0.2) is 21.1 Å². The van der Waals surface area contributed by atoms with E-state index in [1.54, 1.807) is 6.20 Å². The average molecular weight is 348 g/mol. The predicted octanol–water partition coefficient (Wildman–Crippen LogP) is 3.93. The molecule has 0 spiro atoms. The first-order valence-electron chi connectivity index (χ1n) is 8.19. The molecule has 3 aromatic rings. The lowest BCUT2D eigenvalue weighted by molar-refractivity contribution is -0.114. The van der Waals surface area contributed by atoms with Gasteiger partial charge in [-0.1, -0.05) is 18.2 Å². The van der Waals surface area contributed by atoms with Gasteiger partial charge in [-0.3, -0.25) is 4.79 Å². The van der Waals surface area contributed by atoms with E-state index in [4.69, 9.17) is 0 Å². The van der Waals surface area contributed by atoms with Gasteiger partial charge in [-0.15, -0.1) is 5.10 Å². The number of carbonyl (C=O) groups is 1. The molecule has 132 valence electrons. The number of hydrogen-bond acceptors (Lipinski definition) is 6. The Labute approximate surface area is 151 Å². The zero-order chi connectivity index (χ0) is 18.5. The first kappa shape index (κ1) is 17.3. The van der Waals surface area contributed by atoms with Crippen molar-refractivity contribution in [1.29, 1.82) is 0 Å². The molecule has 3 N–H and O–H groups in total. The standard InChI is InChI=1S/C19H20N6O/c1-12-6-4-9-17(13(12)2)23-19-24-18(11-20-25-19)22-16-8-5-7-15(10-16)21-14(3)26/h4-11H,1-3H3,(H,21,26)(H2,22,23,24,25). The lowest BCUT2D eigenvalue weighted by Crippen LogP contribution is -2.06. The number of carbonyl (C=O) groups excluding carboxylic acids is 1. The van der Waals surface area contributed by atoms with E-state index in [0.717, 1.165) is 16.9 Å². The van der Waals surface area contributed by atoms with Crippen LogP contribution in [0.1, 0.15) is 18.1 Å². The molecule has 26 heavy (non-hydrogen) atoms. The minimum atomic E-state index is -0.120. The first-order chi connectivity index (χ1) is 12.5. The van der Waals surface area contributed by atoms with E-state index in [1.165, 1.54) is 12.5 Å². The monoisotopic (exact) mass is 348 g/mol. The molecular formula is C19H20N6O. The largest absolute Gasteiger partial charge is 0.339 e. The molecule has 7 nitrogen and oxygen atoms in total. The number of aryl methyl sites for hydroxylation is 1. The summed E-state index contributed by atoms with van der Waals surface area (Å²) in [5.41, 5.74) is 4.76. The van der Waals surface area contributed by atoms with Gasteiger partial charge in [0.2, 0.25) is 11.9 Å². The Hall–Kier alpha value is -3.48. The third-order valence-electron chi connectivity index (χ3n) is 3.87. The highest BCUT2D eigenvalue weighted by Crippen LogP contribution is 2.22. The van der Waals surface area contributed by atoms with Gasteiger partial charge in [0.1, 0.15) is 0 Å². The summed E-state index contributed by atoms with van der Waals surface area (Å²) in [6.45, 7) is 5.57. The smallest absolute Gasteiger partial charge is 0.249 e.